The van der Waals surface area contributed by atoms with Gasteiger partial charge < -0.3 is 4.74 Å². The van der Waals surface area contributed by atoms with Gasteiger partial charge in [0.05, 0.1) is 22.0 Å². The standard InChI is InChI=1S/C36H56N2O7/c1-23(2)7-6-8-24(3)31-11-12-32-30-10-9-26-21-29(13-16-35(26,4)33(30)14-17-36(31,32)5)44-18-15-34(45-43)25-19-27(37(39)40)22-28(20-25)38(41)42/h19-20,22-24,26,29-34,43H,6-18,21H2,1-5H3. The van der Waals surface area contributed by atoms with Gasteiger partial charge in [-0.05, 0) is 116 Å². The number of nitro benzene ring substituents is 2. The summed E-state index contributed by atoms with van der Waals surface area (Å²) < 4.78 is 6.34. The van der Waals surface area contributed by atoms with Crippen molar-refractivity contribution < 1.29 is 24.7 Å². The molecule has 9 nitrogen and oxygen atoms in total. The lowest BCUT2D eigenvalue weighted by molar-refractivity contribution is -0.394. The number of benzene rings is 1. The van der Waals surface area contributed by atoms with Gasteiger partial charge in [-0.3, -0.25) is 25.5 Å². The van der Waals surface area contributed by atoms with Crippen LogP contribution in [0.1, 0.15) is 130 Å². The number of hydrogen-bond acceptors (Lipinski definition) is 7. The van der Waals surface area contributed by atoms with Crippen LogP contribution >= 0.6 is 0 Å². The van der Waals surface area contributed by atoms with Gasteiger partial charge in [-0.1, -0.05) is 53.9 Å². The Morgan fingerprint density at radius 1 is 0.867 bits per heavy atom. The van der Waals surface area contributed by atoms with E-state index in [0.717, 1.165) is 54.4 Å². The van der Waals surface area contributed by atoms with Gasteiger partial charge in [0.2, 0.25) is 0 Å². The lowest BCUT2D eigenvalue weighted by Gasteiger charge is -2.61. The van der Waals surface area contributed by atoms with Crippen LogP contribution in [0, 0.1) is 72.5 Å². The van der Waals surface area contributed by atoms with Crippen LogP contribution in [0.4, 0.5) is 11.4 Å². The SMILES string of the molecule is CC(C)CCCC(C)C1CCC2C3CCC4CC(OCCC(OO)c5cc([N+](=O)[O-])cc([N+](=O)[O-])c5)CCC4(C)C3CCC12C. The zero-order valence-electron chi connectivity index (χ0n) is 28.1. The van der Waals surface area contributed by atoms with Gasteiger partial charge >= 0.3 is 0 Å². The molecule has 4 saturated carbocycles. The molecule has 10 unspecified atom stereocenters. The predicted molar refractivity (Wildman–Crippen MR) is 174 cm³/mol. The normalized spacial score (nSPS) is 35.7. The molecule has 0 spiro atoms. The van der Waals surface area contributed by atoms with Crippen molar-refractivity contribution in [3.8, 4) is 0 Å². The van der Waals surface area contributed by atoms with Crippen molar-refractivity contribution in [2.45, 2.75) is 130 Å². The van der Waals surface area contributed by atoms with Crippen molar-refractivity contribution in [2.24, 2.45) is 52.3 Å². The van der Waals surface area contributed by atoms with Gasteiger partial charge in [-0.15, -0.1) is 0 Å². The Morgan fingerprint density at radius 2 is 1.53 bits per heavy atom. The van der Waals surface area contributed by atoms with Gasteiger partial charge in [0.1, 0.15) is 6.10 Å². The minimum atomic E-state index is -0.947. The summed E-state index contributed by atoms with van der Waals surface area (Å²) in [7, 11) is 0. The molecular formula is C36H56N2O7. The van der Waals surface area contributed by atoms with E-state index in [2.05, 4.69) is 39.5 Å². The molecule has 0 heterocycles. The summed E-state index contributed by atoms with van der Waals surface area (Å²) in [4.78, 5) is 25.9. The lowest BCUT2D eigenvalue weighted by Crippen LogP contribution is -2.54. The summed E-state index contributed by atoms with van der Waals surface area (Å²) in [6.07, 6.45) is 15.0. The fourth-order valence-corrected chi connectivity index (χ4v) is 11.0. The number of non-ortho nitro benzene ring substituents is 2. The van der Waals surface area contributed by atoms with Crippen LogP contribution < -0.4 is 0 Å². The minimum absolute atomic E-state index is 0.134. The molecule has 4 aliphatic rings. The van der Waals surface area contributed by atoms with E-state index in [1.54, 1.807) is 0 Å². The van der Waals surface area contributed by atoms with Crippen molar-refractivity contribution in [3.05, 3.63) is 44.0 Å². The Labute approximate surface area is 269 Å². The molecule has 0 aliphatic heterocycles. The van der Waals surface area contributed by atoms with E-state index in [9.17, 15) is 25.5 Å². The molecule has 0 bridgehead atoms. The molecule has 1 aromatic rings. The van der Waals surface area contributed by atoms with Gasteiger partial charge in [-0.2, -0.15) is 0 Å². The molecule has 0 saturated heterocycles. The first-order valence-corrected chi connectivity index (χ1v) is 17.7. The molecule has 9 heteroatoms. The average molecular weight is 629 g/mol. The summed E-state index contributed by atoms with van der Waals surface area (Å²) in [6, 6.07) is 3.34. The second kappa shape index (κ2) is 13.9. The van der Waals surface area contributed by atoms with Crippen molar-refractivity contribution in [1.82, 2.24) is 0 Å². The third-order valence-electron chi connectivity index (χ3n) is 13.4. The largest absolute Gasteiger partial charge is 0.378 e. The Morgan fingerprint density at radius 3 is 2.18 bits per heavy atom. The first-order valence-electron chi connectivity index (χ1n) is 17.7. The second-order valence-electron chi connectivity index (χ2n) is 16.1. The zero-order valence-corrected chi connectivity index (χ0v) is 28.1. The Kier molecular flexibility index (Phi) is 10.6. The van der Waals surface area contributed by atoms with Gasteiger partial charge in [0.15, 0.2) is 0 Å². The second-order valence-corrected chi connectivity index (χ2v) is 16.1. The summed E-state index contributed by atoms with van der Waals surface area (Å²) in [6.45, 7) is 12.8. The number of nitrogens with zero attached hydrogens (tertiary/aromatic N) is 2. The van der Waals surface area contributed by atoms with Gasteiger partial charge in [0.25, 0.3) is 11.4 Å². The molecule has 4 fully saturated rings. The first kappa shape index (κ1) is 34.2. The molecular weight excluding hydrogens is 572 g/mol. The molecule has 0 amide bonds. The minimum Gasteiger partial charge on any atom is -0.378 e. The van der Waals surface area contributed by atoms with E-state index in [-0.39, 0.29) is 18.1 Å². The predicted octanol–water partition coefficient (Wildman–Crippen LogP) is 9.93. The maximum atomic E-state index is 11.3. The van der Waals surface area contributed by atoms with Crippen LogP contribution in [-0.2, 0) is 9.62 Å². The summed E-state index contributed by atoms with van der Waals surface area (Å²) in [5.41, 5.74) is 0.254. The smallest absolute Gasteiger partial charge is 0.276 e. The van der Waals surface area contributed by atoms with Gasteiger partial charge in [-0.25, -0.2) is 4.89 Å². The Hall–Kier alpha value is -2.10. The van der Waals surface area contributed by atoms with Crippen LogP contribution in [0.25, 0.3) is 0 Å². The number of rotatable bonds is 13. The fourth-order valence-electron chi connectivity index (χ4n) is 11.0. The number of ether oxygens (including phenoxy) is 1. The van der Waals surface area contributed by atoms with Crippen molar-refractivity contribution >= 4 is 11.4 Å². The highest BCUT2D eigenvalue weighted by atomic mass is 17.1. The third kappa shape index (κ3) is 6.96. The number of hydrogen-bond donors (Lipinski definition) is 1. The highest BCUT2D eigenvalue weighted by Gasteiger charge is 2.60. The van der Waals surface area contributed by atoms with Crippen LogP contribution in [0.5, 0.6) is 0 Å². The number of fused-ring (bicyclic) bond motifs is 5. The zero-order chi connectivity index (χ0) is 32.5. The van der Waals surface area contributed by atoms with E-state index >= 15 is 0 Å². The van der Waals surface area contributed by atoms with Crippen molar-refractivity contribution in [3.63, 3.8) is 0 Å². The Balaban J connectivity index is 1.16. The summed E-state index contributed by atoms with van der Waals surface area (Å²) in [5, 5.41) is 32.2. The highest BCUT2D eigenvalue weighted by Crippen LogP contribution is 2.68. The van der Waals surface area contributed by atoms with Crippen LogP contribution in [-0.4, -0.2) is 27.8 Å². The topological polar surface area (TPSA) is 125 Å². The van der Waals surface area contributed by atoms with Crippen LogP contribution in [0.3, 0.4) is 0 Å². The Bertz CT molecular complexity index is 1180. The highest BCUT2D eigenvalue weighted by molar-refractivity contribution is 5.47. The summed E-state index contributed by atoms with van der Waals surface area (Å²) in [5.74, 6) is 5.70. The maximum Gasteiger partial charge on any atom is 0.276 e. The average Bonchev–Trinajstić information content (AvgIpc) is 3.36. The lowest BCUT2D eigenvalue weighted by atomic mass is 9.44. The first-order chi connectivity index (χ1) is 21.4. The van der Waals surface area contributed by atoms with Crippen LogP contribution in [0.15, 0.2) is 18.2 Å². The molecule has 0 aromatic heterocycles. The summed E-state index contributed by atoms with van der Waals surface area (Å²) >= 11 is 0. The quantitative estimate of drug-likeness (QED) is 0.131. The van der Waals surface area contributed by atoms with Gasteiger partial charge in [0, 0.05) is 25.2 Å². The molecule has 45 heavy (non-hydrogen) atoms. The number of nitro groups is 2. The van der Waals surface area contributed by atoms with E-state index < -0.39 is 27.3 Å². The van der Waals surface area contributed by atoms with Crippen molar-refractivity contribution in [2.75, 3.05) is 6.61 Å². The monoisotopic (exact) mass is 628 g/mol. The van der Waals surface area contributed by atoms with E-state index in [4.69, 9.17) is 4.74 Å². The third-order valence-corrected chi connectivity index (χ3v) is 13.4. The van der Waals surface area contributed by atoms with Crippen molar-refractivity contribution in [1.29, 1.82) is 0 Å². The molecule has 0 radical (unpaired) electrons. The molecule has 1 aromatic carbocycles. The van der Waals surface area contributed by atoms with E-state index in [0.29, 0.717) is 23.4 Å². The molecule has 252 valence electrons. The van der Waals surface area contributed by atoms with E-state index in [1.165, 1.54) is 76.3 Å². The van der Waals surface area contributed by atoms with Crippen LogP contribution in [0.2, 0.25) is 0 Å². The maximum absolute atomic E-state index is 11.3. The molecule has 1 N–H and O–H groups in total. The van der Waals surface area contributed by atoms with E-state index in [1.807, 2.05) is 0 Å². The molecule has 5 rings (SSSR count). The molecule has 10 atom stereocenters. The molecule has 4 aliphatic carbocycles. The fraction of sp³-hybridized carbons (Fsp3) is 0.833.